The van der Waals surface area contributed by atoms with Crippen LogP contribution in [0, 0.1) is 11.3 Å². The molecule has 23 heavy (non-hydrogen) atoms. The van der Waals surface area contributed by atoms with Gasteiger partial charge in [0.05, 0.1) is 0 Å². The van der Waals surface area contributed by atoms with Gasteiger partial charge in [-0.2, -0.15) is 0 Å². The summed E-state index contributed by atoms with van der Waals surface area (Å²) in [5, 5.41) is 0. The van der Waals surface area contributed by atoms with Crippen LogP contribution in [0.4, 0.5) is 5.69 Å². The average Bonchev–Trinajstić information content (AvgIpc) is 2.70. The fraction of sp³-hybridized carbons (Fsp3) is 0.650. The topological polar surface area (TPSA) is 20.3 Å². The summed E-state index contributed by atoms with van der Waals surface area (Å²) in [4.78, 5) is 15.3. The molecule has 0 radical (unpaired) electrons. The van der Waals surface area contributed by atoms with E-state index in [0.717, 1.165) is 18.5 Å². The van der Waals surface area contributed by atoms with Crippen LogP contribution in [0.5, 0.6) is 0 Å². The molecule has 2 atom stereocenters. The van der Waals surface area contributed by atoms with Crippen LogP contribution in [-0.2, 0) is 17.6 Å². The number of hydrogen-bond donors (Lipinski definition) is 0. The van der Waals surface area contributed by atoms with Gasteiger partial charge in [-0.1, -0.05) is 62.7 Å². The molecule has 128 valence electrons. The van der Waals surface area contributed by atoms with Crippen molar-refractivity contribution in [2.24, 2.45) is 11.3 Å². The molecule has 2 nitrogen and oxygen atoms in total. The van der Waals surface area contributed by atoms with Crippen molar-refractivity contribution in [1.82, 2.24) is 0 Å². The van der Waals surface area contributed by atoms with Gasteiger partial charge >= 0.3 is 0 Å². The zero-order valence-corrected chi connectivity index (χ0v) is 16.9. The normalized spacial score (nSPS) is 19.1. The smallest absolute Gasteiger partial charge is 0.232 e. The molecule has 0 saturated heterocycles. The van der Waals surface area contributed by atoms with E-state index in [-0.39, 0.29) is 17.4 Å². The minimum absolute atomic E-state index is 0.217. The Balaban J connectivity index is 2.20. The molecule has 1 aromatic carbocycles. The molecule has 0 aromatic heterocycles. The molecule has 3 heteroatoms. The van der Waals surface area contributed by atoms with Crippen molar-refractivity contribution in [3.63, 3.8) is 0 Å². The van der Waals surface area contributed by atoms with Crippen LogP contribution in [0.25, 0.3) is 0 Å². The van der Waals surface area contributed by atoms with Crippen molar-refractivity contribution in [3.8, 4) is 0 Å². The van der Waals surface area contributed by atoms with E-state index in [2.05, 4.69) is 54.9 Å². The Bertz CT molecular complexity index is 573. The van der Waals surface area contributed by atoms with Gasteiger partial charge < -0.3 is 4.90 Å². The maximum Gasteiger partial charge on any atom is 0.232 e. The van der Waals surface area contributed by atoms with E-state index in [4.69, 9.17) is 0 Å². The largest absolute Gasteiger partial charge is 0.309 e. The highest BCUT2D eigenvalue weighted by Gasteiger charge is 2.36. The summed E-state index contributed by atoms with van der Waals surface area (Å²) >= 11 is 3.80. The van der Waals surface area contributed by atoms with Crippen LogP contribution in [-0.4, -0.2) is 16.8 Å². The van der Waals surface area contributed by atoms with Gasteiger partial charge in [0.2, 0.25) is 5.91 Å². The van der Waals surface area contributed by atoms with Crippen molar-refractivity contribution in [1.29, 1.82) is 0 Å². The zero-order valence-electron chi connectivity index (χ0n) is 15.3. The predicted molar refractivity (Wildman–Crippen MR) is 102 cm³/mol. The first-order chi connectivity index (χ1) is 10.6. The van der Waals surface area contributed by atoms with Crippen LogP contribution in [0.2, 0.25) is 0 Å². The summed E-state index contributed by atoms with van der Waals surface area (Å²) in [6.45, 7) is 12.7. The molecule has 1 amide bonds. The Kier molecular flexibility index (Phi) is 5.60. The maximum atomic E-state index is 12.7. The molecule has 0 saturated carbocycles. The van der Waals surface area contributed by atoms with Crippen molar-refractivity contribution in [3.05, 3.63) is 29.3 Å². The molecule has 0 spiro atoms. The molecule has 1 aliphatic rings. The van der Waals surface area contributed by atoms with Gasteiger partial charge in [0, 0.05) is 22.0 Å². The molecule has 0 fully saturated rings. The number of halogens is 1. The van der Waals surface area contributed by atoms with E-state index in [0.29, 0.717) is 10.7 Å². The van der Waals surface area contributed by atoms with Crippen molar-refractivity contribution in [2.75, 3.05) is 4.90 Å². The zero-order chi connectivity index (χ0) is 17.4. The van der Waals surface area contributed by atoms with E-state index < -0.39 is 0 Å². The fourth-order valence-electron chi connectivity index (χ4n) is 3.33. The van der Waals surface area contributed by atoms with Gasteiger partial charge in [-0.25, -0.2) is 0 Å². The van der Waals surface area contributed by atoms with E-state index in [1.807, 2.05) is 25.7 Å². The Morgan fingerprint density at radius 2 is 2.00 bits per heavy atom. The van der Waals surface area contributed by atoms with Crippen LogP contribution in [0.15, 0.2) is 18.2 Å². The molecule has 1 aliphatic heterocycles. The third-order valence-corrected chi connectivity index (χ3v) is 5.10. The third kappa shape index (κ3) is 4.37. The number of fused-ring (bicyclic) bond motifs is 1. The molecule has 0 N–H and O–H groups in total. The lowest BCUT2D eigenvalue weighted by atomic mass is 9.94. The van der Waals surface area contributed by atoms with Crippen LogP contribution >= 0.6 is 15.9 Å². The van der Waals surface area contributed by atoms with Crippen LogP contribution in [0.1, 0.15) is 59.1 Å². The van der Waals surface area contributed by atoms with Gasteiger partial charge in [-0.05, 0) is 49.3 Å². The highest BCUT2D eigenvalue weighted by Crippen LogP contribution is 2.36. The average molecular weight is 380 g/mol. The molecular formula is C20H30BrNO. The Morgan fingerprint density at radius 1 is 1.35 bits per heavy atom. The maximum absolute atomic E-state index is 12.7. The van der Waals surface area contributed by atoms with Crippen molar-refractivity contribution < 1.29 is 4.79 Å². The van der Waals surface area contributed by atoms with Crippen LogP contribution < -0.4 is 4.90 Å². The number of nitrogens with zero attached hydrogens (tertiary/aromatic N) is 1. The third-order valence-electron chi connectivity index (χ3n) is 4.40. The number of anilines is 1. The number of amides is 1. The number of carbonyl (C=O) groups is 1. The van der Waals surface area contributed by atoms with E-state index in [1.54, 1.807) is 0 Å². The second-order valence-corrected chi connectivity index (χ2v) is 9.67. The summed E-state index contributed by atoms with van der Waals surface area (Å²) in [7, 11) is 0. The quantitative estimate of drug-likeness (QED) is 0.644. The van der Waals surface area contributed by atoms with Crippen LogP contribution in [0.3, 0.4) is 0 Å². The van der Waals surface area contributed by atoms with Gasteiger partial charge in [-0.15, -0.1) is 0 Å². The first kappa shape index (κ1) is 18.5. The van der Waals surface area contributed by atoms with Crippen molar-refractivity contribution >= 4 is 27.5 Å². The number of benzene rings is 1. The minimum Gasteiger partial charge on any atom is -0.309 e. The highest BCUT2D eigenvalue weighted by atomic mass is 79.9. The Hall–Kier alpha value is -0.830. The lowest BCUT2D eigenvalue weighted by Crippen LogP contribution is -2.42. The molecule has 1 aromatic rings. The first-order valence-corrected chi connectivity index (χ1v) is 9.60. The van der Waals surface area contributed by atoms with Crippen molar-refractivity contribution in [2.45, 2.75) is 71.7 Å². The number of carbonyl (C=O) groups excluding carboxylic acids is 1. The van der Waals surface area contributed by atoms with E-state index >= 15 is 0 Å². The molecule has 2 rings (SSSR count). The SMILES string of the molecule is CC(C)CC(Br)Cc1ccc2c(c1)CC(C)N2C(=O)C(C)(C)C. The van der Waals surface area contributed by atoms with Gasteiger partial charge in [-0.3, -0.25) is 4.79 Å². The van der Waals surface area contributed by atoms with E-state index in [9.17, 15) is 4.79 Å². The summed E-state index contributed by atoms with van der Waals surface area (Å²) in [6, 6.07) is 6.89. The summed E-state index contributed by atoms with van der Waals surface area (Å²) in [5.74, 6) is 0.920. The fourth-order valence-corrected chi connectivity index (χ4v) is 4.45. The molecule has 0 bridgehead atoms. The monoisotopic (exact) mass is 379 g/mol. The highest BCUT2D eigenvalue weighted by molar-refractivity contribution is 9.09. The lowest BCUT2D eigenvalue weighted by molar-refractivity contribution is -0.126. The number of alkyl halides is 1. The molecule has 1 heterocycles. The molecular weight excluding hydrogens is 350 g/mol. The predicted octanol–water partition coefficient (Wildman–Crippen LogP) is 5.36. The minimum atomic E-state index is -0.341. The Labute approximate surface area is 149 Å². The molecule has 0 aliphatic carbocycles. The number of rotatable bonds is 4. The lowest BCUT2D eigenvalue weighted by Gasteiger charge is -2.30. The molecule has 2 unspecified atom stereocenters. The standard InChI is InChI=1S/C20H30BrNO/c1-13(2)9-17(21)12-15-7-8-18-16(11-15)10-14(3)22(18)19(23)20(4,5)6/h7-8,11,13-14,17H,9-10,12H2,1-6H3. The van der Waals surface area contributed by atoms with Gasteiger partial charge in [0.1, 0.15) is 0 Å². The Morgan fingerprint density at radius 3 is 2.57 bits per heavy atom. The van der Waals surface area contributed by atoms with Gasteiger partial charge in [0.25, 0.3) is 0 Å². The van der Waals surface area contributed by atoms with E-state index in [1.165, 1.54) is 17.5 Å². The van der Waals surface area contributed by atoms with Gasteiger partial charge in [0.15, 0.2) is 0 Å². The second-order valence-electron chi connectivity index (χ2n) is 8.37. The summed E-state index contributed by atoms with van der Waals surface area (Å²) in [6.07, 6.45) is 3.19. The second kappa shape index (κ2) is 6.96. The summed E-state index contributed by atoms with van der Waals surface area (Å²) in [5.41, 5.74) is 3.45. The number of hydrogen-bond acceptors (Lipinski definition) is 1. The first-order valence-electron chi connectivity index (χ1n) is 8.69. The summed E-state index contributed by atoms with van der Waals surface area (Å²) < 4.78 is 0.